The highest BCUT2D eigenvalue weighted by Gasteiger charge is 2.01. The third-order valence-electron chi connectivity index (χ3n) is 5.79. The van der Waals surface area contributed by atoms with Gasteiger partial charge in [0.1, 0.15) is 14.1 Å². The molecule has 0 radical (unpaired) electrons. The maximum absolute atomic E-state index is 2.29. The van der Waals surface area contributed by atoms with Crippen LogP contribution in [-0.2, 0) is 14.1 Å². The fourth-order valence-corrected chi connectivity index (χ4v) is 3.87. The predicted octanol–water partition coefficient (Wildman–Crippen LogP) is 5.98. The average Bonchev–Trinajstić information content (AvgIpc) is 2.82. The molecule has 0 saturated heterocycles. The molecule has 154 valence electrons. The fourth-order valence-electron chi connectivity index (χ4n) is 3.87. The number of aromatic nitrogens is 2. The number of rotatable bonds is 4. The first-order chi connectivity index (χ1) is 15.6. The second kappa shape index (κ2) is 8.60. The first-order valence-corrected chi connectivity index (χ1v) is 10.9. The van der Waals surface area contributed by atoms with E-state index in [-0.39, 0.29) is 0 Å². The Morgan fingerprint density at radius 2 is 0.781 bits per heavy atom. The number of aryl methyl sites for hydroxylation is 2. The highest BCUT2D eigenvalue weighted by Crippen LogP contribution is 2.26. The van der Waals surface area contributed by atoms with Crippen LogP contribution < -0.4 is 9.13 Å². The second-order valence-corrected chi connectivity index (χ2v) is 8.33. The minimum Gasteiger partial charge on any atom is -0.208 e. The second-order valence-electron chi connectivity index (χ2n) is 8.33. The molecule has 5 rings (SSSR count). The lowest BCUT2D eigenvalue weighted by molar-refractivity contribution is -0.671. The Balaban J connectivity index is 1.42. The van der Waals surface area contributed by atoms with Gasteiger partial charge in [0.2, 0.25) is 0 Å². The van der Waals surface area contributed by atoms with Gasteiger partial charge in [-0.15, -0.1) is 0 Å². The summed E-state index contributed by atoms with van der Waals surface area (Å²) < 4.78 is 4.09. The molecule has 0 bridgehead atoms. The maximum atomic E-state index is 2.29. The van der Waals surface area contributed by atoms with Gasteiger partial charge in [-0.05, 0) is 68.1 Å². The van der Waals surface area contributed by atoms with E-state index in [0.717, 1.165) is 0 Å². The maximum Gasteiger partial charge on any atom is 0.169 e. The van der Waals surface area contributed by atoms with Crippen LogP contribution in [0.25, 0.3) is 45.8 Å². The average molecular weight is 415 g/mol. The summed E-state index contributed by atoms with van der Waals surface area (Å²) >= 11 is 0. The number of hydrogen-bond donors (Lipinski definition) is 0. The molecule has 3 aromatic carbocycles. The van der Waals surface area contributed by atoms with Crippen LogP contribution in [0.1, 0.15) is 22.3 Å². The van der Waals surface area contributed by atoms with Gasteiger partial charge in [-0.25, -0.2) is 9.13 Å². The molecule has 32 heavy (non-hydrogen) atoms. The van der Waals surface area contributed by atoms with Crippen molar-refractivity contribution < 1.29 is 9.13 Å². The molecule has 2 heteroatoms. The van der Waals surface area contributed by atoms with Crippen molar-refractivity contribution in [3.05, 3.63) is 120 Å². The molecule has 0 aliphatic heterocycles. The standard InChI is InChI=1S/C30H26N2/c1-31-15-11-23(12-16-31)3-5-25-7-9-27-22-30-20-26(8-10-28(30)21-29(27)19-25)6-4-24-13-17-32(2)18-14-24/h3-22H,1-2H3/q+2/b5-3+,6-4+. The lowest BCUT2D eigenvalue weighted by Gasteiger charge is -2.05. The van der Waals surface area contributed by atoms with Crippen LogP contribution in [-0.4, -0.2) is 0 Å². The number of hydrogen-bond acceptors (Lipinski definition) is 0. The molecule has 0 atom stereocenters. The van der Waals surface area contributed by atoms with Gasteiger partial charge in [0.05, 0.1) is 0 Å². The Labute approximate surface area is 189 Å². The van der Waals surface area contributed by atoms with E-state index in [4.69, 9.17) is 0 Å². The Bertz CT molecular complexity index is 1340. The van der Waals surface area contributed by atoms with Crippen molar-refractivity contribution in [1.29, 1.82) is 0 Å². The highest BCUT2D eigenvalue weighted by atomic mass is 14.9. The van der Waals surface area contributed by atoms with Gasteiger partial charge in [0, 0.05) is 24.3 Å². The summed E-state index contributed by atoms with van der Waals surface area (Å²) in [6.45, 7) is 0. The van der Waals surface area contributed by atoms with Crippen LogP contribution >= 0.6 is 0 Å². The number of pyridine rings is 2. The molecule has 0 aliphatic rings. The lowest BCUT2D eigenvalue weighted by Crippen LogP contribution is -2.25. The van der Waals surface area contributed by atoms with Gasteiger partial charge < -0.3 is 0 Å². The summed E-state index contributed by atoms with van der Waals surface area (Å²) in [5, 5.41) is 5.05. The van der Waals surface area contributed by atoms with Crippen LogP contribution in [0.3, 0.4) is 0 Å². The van der Waals surface area contributed by atoms with E-state index in [9.17, 15) is 0 Å². The number of fused-ring (bicyclic) bond motifs is 2. The largest absolute Gasteiger partial charge is 0.208 e. The van der Waals surface area contributed by atoms with E-state index in [1.54, 1.807) is 0 Å². The molecule has 2 heterocycles. The molecule has 0 unspecified atom stereocenters. The van der Waals surface area contributed by atoms with E-state index in [2.05, 4.69) is 122 Å². The van der Waals surface area contributed by atoms with E-state index in [0.29, 0.717) is 0 Å². The zero-order valence-electron chi connectivity index (χ0n) is 18.4. The van der Waals surface area contributed by atoms with E-state index >= 15 is 0 Å². The van der Waals surface area contributed by atoms with Gasteiger partial charge in [0.25, 0.3) is 0 Å². The van der Waals surface area contributed by atoms with Crippen molar-refractivity contribution in [3.63, 3.8) is 0 Å². The topological polar surface area (TPSA) is 7.76 Å². The summed E-state index contributed by atoms with van der Waals surface area (Å²) in [5.41, 5.74) is 4.82. The van der Waals surface area contributed by atoms with Gasteiger partial charge in [-0.2, -0.15) is 0 Å². The first kappa shape index (κ1) is 19.9. The molecular weight excluding hydrogens is 388 g/mol. The Kier molecular flexibility index (Phi) is 5.35. The normalized spacial score (nSPS) is 11.8. The third-order valence-corrected chi connectivity index (χ3v) is 5.79. The Morgan fingerprint density at radius 3 is 1.19 bits per heavy atom. The van der Waals surface area contributed by atoms with Crippen molar-refractivity contribution in [2.75, 3.05) is 0 Å². The Hall–Kier alpha value is -4.04. The van der Waals surface area contributed by atoms with E-state index in [1.807, 2.05) is 23.2 Å². The summed E-state index contributed by atoms with van der Waals surface area (Å²) in [6, 6.07) is 26.4. The van der Waals surface area contributed by atoms with E-state index in [1.165, 1.54) is 43.8 Å². The third kappa shape index (κ3) is 4.50. The molecular formula is C30H26N2+2. The molecule has 2 nitrogen and oxygen atoms in total. The molecule has 0 N–H and O–H groups in total. The van der Waals surface area contributed by atoms with Crippen LogP contribution in [0.15, 0.2) is 97.6 Å². The summed E-state index contributed by atoms with van der Waals surface area (Å²) in [4.78, 5) is 0. The zero-order valence-corrected chi connectivity index (χ0v) is 18.4. The summed E-state index contributed by atoms with van der Waals surface area (Å²) in [5.74, 6) is 0. The SMILES string of the molecule is C[n+]1ccc(/C=C/c2ccc3cc4cc(/C=C/c5cc[n+](C)cc5)ccc4cc3c2)cc1. The Morgan fingerprint density at radius 1 is 0.406 bits per heavy atom. The predicted molar refractivity (Wildman–Crippen MR) is 135 cm³/mol. The molecule has 0 amide bonds. The molecule has 0 aliphatic carbocycles. The van der Waals surface area contributed by atoms with Gasteiger partial charge in [-0.1, -0.05) is 48.6 Å². The fraction of sp³-hybridized carbons (Fsp3) is 0.0667. The number of benzene rings is 3. The first-order valence-electron chi connectivity index (χ1n) is 10.9. The molecule has 2 aromatic heterocycles. The molecule has 5 aromatic rings. The van der Waals surface area contributed by atoms with Crippen LogP contribution in [0, 0.1) is 0 Å². The van der Waals surface area contributed by atoms with Crippen molar-refractivity contribution in [2.45, 2.75) is 0 Å². The van der Waals surface area contributed by atoms with Crippen LogP contribution in [0.5, 0.6) is 0 Å². The minimum absolute atomic E-state index is 1.20. The van der Waals surface area contributed by atoms with Crippen molar-refractivity contribution in [3.8, 4) is 0 Å². The quantitative estimate of drug-likeness (QED) is 0.252. The minimum atomic E-state index is 1.20. The van der Waals surface area contributed by atoms with Crippen LogP contribution in [0.4, 0.5) is 0 Å². The van der Waals surface area contributed by atoms with Gasteiger partial charge >= 0.3 is 0 Å². The van der Waals surface area contributed by atoms with E-state index < -0.39 is 0 Å². The van der Waals surface area contributed by atoms with Gasteiger partial charge in [0.15, 0.2) is 24.8 Å². The molecule has 0 saturated carbocycles. The highest BCUT2D eigenvalue weighted by molar-refractivity contribution is 6.00. The van der Waals surface area contributed by atoms with Crippen molar-refractivity contribution >= 4 is 45.8 Å². The van der Waals surface area contributed by atoms with Crippen molar-refractivity contribution in [1.82, 2.24) is 0 Å². The monoisotopic (exact) mass is 414 g/mol. The lowest BCUT2D eigenvalue weighted by atomic mass is 9.99. The summed E-state index contributed by atoms with van der Waals surface area (Å²) in [7, 11) is 4.06. The van der Waals surface area contributed by atoms with Crippen molar-refractivity contribution in [2.24, 2.45) is 14.1 Å². The molecule has 0 spiro atoms. The smallest absolute Gasteiger partial charge is 0.169 e. The number of nitrogens with zero attached hydrogens (tertiary/aromatic N) is 2. The van der Waals surface area contributed by atoms with Gasteiger partial charge in [-0.3, -0.25) is 0 Å². The summed E-state index contributed by atoms with van der Waals surface area (Å²) in [6.07, 6.45) is 16.9. The van der Waals surface area contributed by atoms with Crippen LogP contribution in [0.2, 0.25) is 0 Å². The zero-order chi connectivity index (χ0) is 21.9. The molecule has 0 fully saturated rings.